The van der Waals surface area contributed by atoms with Crippen LogP contribution in [0.2, 0.25) is 0 Å². The first-order valence-corrected chi connectivity index (χ1v) is 7.12. The number of carbonyl (C=O) groups excluding carboxylic acids is 2. The molecule has 0 spiro atoms. The molecule has 0 aliphatic heterocycles. The van der Waals surface area contributed by atoms with Crippen molar-refractivity contribution in [2.75, 3.05) is 11.9 Å². The van der Waals surface area contributed by atoms with E-state index in [-0.39, 0.29) is 12.3 Å². The zero-order valence-corrected chi connectivity index (χ0v) is 12.6. The molecular formula is C17H15F3N2O2. The number of benzene rings is 2. The van der Waals surface area contributed by atoms with Gasteiger partial charge in [0.25, 0.3) is 5.91 Å². The van der Waals surface area contributed by atoms with Crippen LogP contribution in [-0.4, -0.2) is 24.5 Å². The number of alkyl halides is 3. The molecule has 0 bridgehead atoms. The molecule has 7 heteroatoms. The fraction of sp³-hybridized carbons (Fsp3) is 0.176. The lowest BCUT2D eigenvalue weighted by Crippen LogP contribution is -2.34. The quantitative estimate of drug-likeness (QED) is 0.881. The Morgan fingerprint density at radius 2 is 1.54 bits per heavy atom. The number of hydrogen-bond donors (Lipinski definition) is 2. The Bertz CT molecular complexity index is 698. The van der Waals surface area contributed by atoms with Gasteiger partial charge in [-0.2, -0.15) is 13.2 Å². The Morgan fingerprint density at radius 1 is 0.917 bits per heavy atom. The zero-order chi connectivity index (χ0) is 17.6. The number of halogens is 3. The van der Waals surface area contributed by atoms with E-state index >= 15 is 0 Å². The smallest absolute Gasteiger partial charge is 0.347 e. The summed E-state index contributed by atoms with van der Waals surface area (Å²) in [7, 11) is 0. The Balaban J connectivity index is 1.89. The maximum Gasteiger partial charge on any atom is 0.405 e. The minimum Gasteiger partial charge on any atom is -0.347 e. The first kappa shape index (κ1) is 17.5. The van der Waals surface area contributed by atoms with Gasteiger partial charge in [-0.25, -0.2) is 0 Å². The summed E-state index contributed by atoms with van der Waals surface area (Å²) < 4.78 is 36.0. The number of carbonyl (C=O) groups is 2. The number of nitrogens with one attached hydrogen (secondary N) is 2. The second-order valence-corrected chi connectivity index (χ2v) is 5.09. The molecule has 0 saturated heterocycles. The third-order valence-electron chi connectivity index (χ3n) is 3.10. The van der Waals surface area contributed by atoms with E-state index in [1.807, 2.05) is 0 Å². The molecule has 4 nitrogen and oxygen atoms in total. The third-order valence-corrected chi connectivity index (χ3v) is 3.10. The van der Waals surface area contributed by atoms with Crippen molar-refractivity contribution >= 4 is 17.5 Å². The average Bonchev–Trinajstić information content (AvgIpc) is 2.55. The average molecular weight is 336 g/mol. The highest BCUT2D eigenvalue weighted by Gasteiger charge is 2.27. The summed E-state index contributed by atoms with van der Waals surface area (Å²) in [6.45, 7) is -1.35. The Hall–Kier alpha value is -2.83. The molecular weight excluding hydrogens is 321 g/mol. The molecule has 0 aliphatic rings. The van der Waals surface area contributed by atoms with Crippen LogP contribution in [0.1, 0.15) is 15.9 Å². The van der Waals surface area contributed by atoms with Gasteiger partial charge in [0.1, 0.15) is 6.54 Å². The maximum absolute atomic E-state index is 12.0. The van der Waals surface area contributed by atoms with E-state index in [4.69, 9.17) is 0 Å². The predicted molar refractivity (Wildman–Crippen MR) is 83.6 cm³/mol. The topological polar surface area (TPSA) is 58.2 Å². The Morgan fingerprint density at radius 3 is 2.12 bits per heavy atom. The van der Waals surface area contributed by atoms with Crippen molar-refractivity contribution in [2.24, 2.45) is 0 Å². The van der Waals surface area contributed by atoms with Gasteiger partial charge in [0.2, 0.25) is 5.91 Å². The zero-order valence-electron chi connectivity index (χ0n) is 12.6. The normalized spacial score (nSPS) is 11.0. The molecule has 0 aromatic heterocycles. The van der Waals surface area contributed by atoms with Crippen LogP contribution in [0, 0.1) is 0 Å². The molecule has 0 heterocycles. The van der Waals surface area contributed by atoms with Crippen molar-refractivity contribution in [2.45, 2.75) is 12.6 Å². The molecule has 0 unspecified atom stereocenters. The SMILES string of the molecule is O=C(Cc1ccc(NC(=O)c2ccccc2)cc1)NCC(F)(F)F. The molecule has 2 amide bonds. The minimum atomic E-state index is -4.43. The van der Waals surface area contributed by atoms with Crippen molar-refractivity contribution in [1.82, 2.24) is 5.32 Å². The summed E-state index contributed by atoms with van der Waals surface area (Å²) in [4.78, 5) is 23.4. The molecule has 2 N–H and O–H groups in total. The monoisotopic (exact) mass is 336 g/mol. The summed E-state index contributed by atoms with van der Waals surface area (Å²) >= 11 is 0. The van der Waals surface area contributed by atoms with Crippen LogP contribution in [-0.2, 0) is 11.2 Å². The number of amides is 2. The molecule has 0 aliphatic carbocycles. The summed E-state index contributed by atoms with van der Waals surface area (Å²) in [5.41, 5.74) is 1.59. The van der Waals surface area contributed by atoms with Gasteiger partial charge >= 0.3 is 6.18 Å². The van der Waals surface area contributed by atoms with Crippen molar-refractivity contribution in [3.05, 3.63) is 65.7 Å². The molecule has 126 valence electrons. The lowest BCUT2D eigenvalue weighted by atomic mass is 10.1. The lowest BCUT2D eigenvalue weighted by Gasteiger charge is -2.09. The summed E-state index contributed by atoms with van der Waals surface area (Å²) in [6.07, 6.45) is -4.59. The second-order valence-electron chi connectivity index (χ2n) is 5.09. The molecule has 0 fully saturated rings. The number of rotatable bonds is 5. The fourth-order valence-electron chi connectivity index (χ4n) is 1.95. The number of hydrogen-bond acceptors (Lipinski definition) is 2. The largest absolute Gasteiger partial charge is 0.405 e. The molecule has 2 aromatic rings. The van der Waals surface area contributed by atoms with Crippen LogP contribution in [0.5, 0.6) is 0 Å². The van der Waals surface area contributed by atoms with E-state index in [2.05, 4.69) is 5.32 Å². The molecule has 0 saturated carbocycles. The summed E-state index contributed by atoms with van der Waals surface area (Å²) in [5.74, 6) is -0.986. The van der Waals surface area contributed by atoms with Crippen molar-refractivity contribution in [3.8, 4) is 0 Å². The summed E-state index contributed by atoms with van der Waals surface area (Å²) in [5, 5.41) is 4.50. The van der Waals surface area contributed by atoms with Crippen LogP contribution < -0.4 is 10.6 Å². The van der Waals surface area contributed by atoms with Crippen molar-refractivity contribution in [3.63, 3.8) is 0 Å². The van der Waals surface area contributed by atoms with E-state index in [0.29, 0.717) is 16.8 Å². The predicted octanol–water partition coefficient (Wildman–Crippen LogP) is 3.16. The Kier molecular flexibility index (Phi) is 5.57. The van der Waals surface area contributed by atoms with Crippen molar-refractivity contribution in [1.29, 1.82) is 0 Å². The maximum atomic E-state index is 12.0. The lowest BCUT2D eigenvalue weighted by molar-refractivity contribution is -0.138. The van der Waals surface area contributed by atoms with Crippen molar-refractivity contribution < 1.29 is 22.8 Å². The van der Waals surface area contributed by atoms with Gasteiger partial charge in [-0.05, 0) is 29.8 Å². The molecule has 2 rings (SSSR count). The van der Waals surface area contributed by atoms with E-state index in [9.17, 15) is 22.8 Å². The standard InChI is InChI=1S/C17H15F3N2O2/c18-17(19,20)11-21-15(23)10-12-6-8-14(9-7-12)22-16(24)13-4-2-1-3-5-13/h1-9H,10-11H2,(H,21,23)(H,22,24). The molecule has 0 radical (unpaired) electrons. The van der Waals surface area contributed by atoms with Crippen LogP contribution in [0.4, 0.5) is 18.9 Å². The second kappa shape index (κ2) is 7.63. The van der Waals surface area contributed by atoms with Gasteiger partial charge in [-0.15, -0.1) is 0 Å². The number of anilines is 1. The van der Waals surface area contributed by atoms with Gasteiger partial charge in [0.15, 0.2) is 0 Å². The van der Waals surface area contributed by atoms with E-state index < -0.39 is 18.6 Å². The molecule has 24 heavy (non-hydrogen) atoms. The van der Waals surface area contributed by atoms with Crippen LogP contribution in [0.3, 0.4) is 0 Å². The fourth-order valence-corrected chi connectivity index (χ4v) is 1.95. The van der Waals surface area contributed by atoms with Crippen LogP contribution in [0.15, 0.2) is 54.6 Å². The van der Waals surface area contributed by atoms with E-state index in [1.165, 1.54) is 0 Å². The highest BCUT2D eigenvalue weighted by atomic mass is 19.4. The van der Waals surface area contributed by atoms with E-state index in [0.717, 1.165) is 0 Å². The first-order valence-electron chi connectivity index (χ1n) is 7.12. The first-order chi connectivity index (χ1) is 11.3. The van der Waals surface area contributed by atoms with Gasteiger partial charge < -0.3 is 10.6 Å². The van der Waals surface area contributed by atoms with Crippen LogP contribution in [0.25, 0.3) is 0 Å². The van der Waals surface area contributed by atoms with E-state index in [1.54, 1.807) is 59.9 Å². The van der Waals surface area contributed by atoms with Gasteiger partial charge in [-0.3, -0.25) is 9.59 Å². The van der Waals surface area contributed by atoms with Crippen LogP contribution >= 0.6 is 0 Å². The molecule has 2 aromatic carbocycles. The molecule has 0 atom stereocenters. The van der Waals surface area contributed by atoms with Gasteiger partial charge in [0, 0.05) is 11.3 Å². The summed E-state index contributed by atoms with van der Waals surface area (Å²) in [6, 6.07) is 15.0. The highest BCUT2D eigenvalue weighted by molar-refractivity contribution is 6.04. The minimum absolute atomic E-state index is 0.164. The van der Waals surface area contributed by atoms with Gasteiger partial charge in [0.05, 0.1) is 6.42 Å². The Labute approximate surface area is 136 Å². The van der Waals surface area contributed by atoms with Gasteiger partial charge in [-0.1, -0.05) is 30.3 Å². The highest BCUT2D eigenvalue weighted by Crippen LogP contribution is 2.14. The third kappa shape index (κ3) is 5.75.